The molecular weight excluding hydrogens is 336 g/mol. The minimum atomic E-state index is -3.67. The van der Waals surface area contributed by atoms with Crippen LogP contribution in [0.15, 0.2) is 53.6 Å². The average molecular weight is 356 g/mol. The van der Waals surface area contributed by atoms with E-state index < -0.39 is 10.0 Å². The molecule has 0 aliphatic carbocycles. The fourth-order valence-corrected chi connectivity index (χ4v) is 5.55. The second-order valence-corrected chi connectivity index (χ2v) is 8.15. The normalized spacial score (nSPS) is 18.2. The lowest BCUT2D eigenvalue weighted by Crippen LogP contribution is -2.42. The van der Waals surface area contributed by atoms with Crippen LogP contribution in [0.4, 0.5) is 0 Å². The molecule has 0 spiro atoms. The molecule has 0 radical (unpaired) electrons. The van der Waals surface area contributed by atoms with Gasteiger partial charge in [-0.05, 0) is 31.5 Å². The smallest absolute Gasteiger partial charge is 0.247 e. The number of rotatable bonds is 3. The Morgan fingerprint density at radius 1 is 1.08 bits per heavy atom. The van der Waals surface area contributed by atoms with Crippen molar-refractivity contribution < 1.29 is 8.42 Å². The molecule has 25 heavy (non-hydrogen) atoms. The number of aromatic amines is 1. The standard InChI is InChI=1S/C18H20N4O2S/c1-13-18(14(2)20-19-13)25(23,24)22-12-11-21-10-6-9-16(21)17(22)15-7-4-3-5-8-15/h3-10,17H,11-12H2,1-2H3,(H,19,20). The predicted molar refractivity (Wildman–Crippen MR) is 94.7 cm³/mol. The molecule has 1 aliphatic heterocycles. The van der Waals surface area contributed by atoms with Crippen LogP contribution >= 0.6 is 0 Å². The van der Waals surface area contributed by atoms with Gasteiger partial charge >= 0.3 is 0 Å². The van der Waals surface area contributed by atoms with E-state index in [1.54, 1.807) is 18.2 Å². The first kappa shape index (κ1) is 16.1. The molecule has 1 aromatic carbocycles. The maximum absolute atomic E-state index is 13.5. The SMILES string of the molecule is Cc1n[nH]c(C)c1S(=O)(=O)N1CCn2cccc2C1c1ccccc1. The first-order chi connectivity index (χ1) is 12.0. The summed E-state index contributed by atoms with van der Waals surface area (Å²) in [6.07, 6.45) is 2.00. The van der Waals surface area contributed by atoms with Crippen LogP contribution in [0.25, 0.3) is 0 Å². The van der Waals surface area contributed by atoms with Crippen LogP contribution in [0, 0.1) is 13.8 Å². The minimum Gasteiger partial charge on any atom is -0.348 e. The van der Waals surface area contributed by atoms with Crippen molar-refractivity contribution in [1.29, 1.82) is 0 Å². The Morgan fingerprint density at radius 2 is 1.84 bits per heavy atom. The van der Waals surface area contributed by atoms with Crippen LogP contribution < -0.4 is 0 Å². The van der Waals surface area contributed by atoms with Gasteiger partial charge in [0.1, 0.15) is 4.90 Å². The van der Waals surface area contributed by atoms with Crippen LogP contribution in [0.2, 0.25) is 0 Å². The summed E-state index contributed by atoms with van der Waals surface area (Å²) >= 11 is 0. The molecule has 0 bridgehead atoms. The van der Waals surface area contributed by atoms with Gasteiger partial charge in [-0.1, -0.05) is 30.3 Å². The molecule has 1 aliphatic rings. The number of hydrogen-bond donors (Lipinski definition) is 1. The Balaban J connectivity index is 1.89. The van der Waals surface area contributed by atoms with Gasteiger partial charge < -0.3 is 4.57 Å². The molecule has 130 valence electrons. The molecule has 2 aromatic heterocycles. The Labute approximate surface area is 147 Å². The van der Waals surface area contributed by atoms with Crippen molar-refractivity contribution in [2.24, 2.45) is 0 Å². The van der Waals surface area contributed by atoms with Gasteiger partial charge in [0.05, 0.1) is 17.4 Å². The molecule has 0 amide bonds. The minimum absolute atomic E-state index is 0.286. The van der Waals surface area contributed by atoms with E-state index in [2.05, 4.69) is 14.8 Å². The van der Waals surface area contributed by atoms with E-state index in [4.69, 9.17) is 0 Å². The van der Waals surface area contributed by atoms with Crippen LogP contribution in [-0.4, -0.2) is 34.0 Å². The summed E-state index contributed by atoms with van der Waals surface area (Å²) in [7, 11) is -3.67. The van der Waals surface area contributed by atoms with E-state index in [0.29, 0.717) is 24.5 Å². The van der Waals surface area contributed by atoms with E-state index >= 15 is 0 Å². The third-order valence-electron chi connectivity index (χ3n) is 4.74. The number of aryl methyl sites for hydroxylation is 2. The lowest BCUT2D eigenvalue weighted by Gasteiger charge is -2.36. The zero-order valence-corrected chi connectivity index (χ0v) is 15.0. The summed E-state index contributed by atoms with van der Waals surface area (Å²) in [4.78, 5) is 0.286. The monoisotopic (exact) mass is 356 g/mol. The summed E-state index contributed by atoms with van der Waals surface area (Å²) in [6, 6.07) is 13.4. The first-order valence-electron chi connectivity index (χ1n) is 8.23. The molecule has 6 nitrogen and oxygen atoms in total. The van der Waals surface area contributed by atoms with Gasteiger partial charge in [0.25, 0.3) is 0 Å². The lowest BCUT2D eigenvalue weighted by molar-refractivity contribution is 0.298. The molecule has 1 N–H and O–H groups in total. The molecule has 0 saturated carbocycles. The van der Waals surface area contributed by atoms with Crippen molar-refractivity contribution in [1.82, 2.24) is 19.1 Å². The van der Waals surface area contributed by atoms with Gasteiger partial charge in [-0.2, -0.15) is 9.40 Å². The average Bonchev–Trinajstić information content (AvgIpc) is 3.21. The van der Waals surface area contributed by atoms with E-state index in [1.807, 2.05) is 48.7 Å². The number of H-pyrrole nitrogens is 1. The van der Waals surface area contributed by atoms with Gasteiger partial charge in [0.2, 0.25) is 10.0 Å². The number of sulfonamides is 1. The Bertz CT molecular complexity index is 985. The second-order valence-electron chi connectivity index (χ2n) is 6.32. The summed E-state index contributed by atoms with van der Waals surface area (Å²) in [6.45, 7) is 4.53. The molecular formula is C18H20N4O2S. The molecule has 3 aromatic rings. The summed E-state index contributed by atoms with van der Waals surface area (Å²) in [5.74, 6) is 0. The summed E-state index contributed by atoms with van der Waals surface area (Å²) < 4.78 is 30.6. The quantitative estimate of drug-likeness (QED) is 0.784. The number of fused-ring (bicyclic) bond motifs is 1. The van der Waals surface area contributed by atoms with Crippen molar-refractivity contribution >= 4 is 10.0 Å². The Kier molecular flexibility index (Phi) is 3.77. The first-order valence-corrected chi connectivity index (χ1v) is 9.67. The van der Waals surface area contributed by atoms with Crippen molar-refractivity contribution in [2.75, 3.05) is 6.54 Å². The highest BCUT2D eigenvalue weighted by Crippen LogP contribution is 2.37. The highest BCUT2D eigenvalue weighted by Gasteiger charge is 2.39. The van der Waals surface area contributed by atoms with E-state index in [1.165, 1.54) is 0 Å². The van der Waals surface area contributed by atoms with Crippen molar-refractivity contribution in [3.63, 3.8) is 0 Å². The number of nitrogens with one attached hydrogen (secondary N) is 1. The topological polar surface area (TPSA) is 71.0 Å². The zero-order valence-electron chi connectivity index (χ0n) is 14.2. The van der Waals surface area contributed by atoms with Crippen LogP contribution in [0.3, 0.4) is 0 Å². The molecule has 1 unspecified atom stereocenters. The molecule has 0 saturated heterocycles. The third kappa shape index (κ3) is 2.51. The van der Waals surface area contributed by atoms with Crippen LogP contribution in [-0.2, 0) is 16.6 Å². The lowest BCUT2D eigenvalue weighted by atomic mass is 10.0. The number of nitrogens with zero attached hydrogens (tertiary/aromatic N) is 3. The van der Waals surface area contributed by atoms with Crippen LogP contribution in [0.1, 0.15) is 28.7 Å². The number of hydrogen-bond acceptors (Lipinski definition) is 3. The largest absolute Gasteiger partial charge is 0.348 e. The van der Waals surface area contributed by atoms with E-state index in [9.17, 15) is 8.42 Å². The van der Waals surface area contributed by atoms with Gasteiger partial charge in [-0.15, -0.1) is 0 Å². The maximum atomic E-state index is 13.5. The zero-order chi connectivity index (χ0) is 17.6. The summed E-state index contributed by atoms with van der Waals surface area (Å²) in [5.41, 5.74) is 3.03. The van der Waals surface area contributed by atoms with Gasteiger partial charge in [0, 0.05) is 25.0 Å². The van der Waals surface area contributed by atoms with E-state index in [-0.39, 0.29) is 10.9 Å². The molecule has 3 heterocycles. The maximum Gasteiger partial charge on any atom is 0.247 e. The van der Waals surface area contributed by atoms with Gasteiger partial charge in [-0.25, -0.2) is 8.42 Å². The highest BCUT2D eigenvalue weighted by atomic mass is 32.2. The number of benzene rings is 1. The molecule has 0 fully saturated rings. The Hall–Kier alpha value is -2.38. The summed E-state index contributed by atoms with van der Waals surface area (Å²) in [5, 5.41) is 6.86. The van der Waals surface area contributed by atoms with Gasteiger partial charge in [-0.3, -0.25) is 5.10 Å². The number of aromatic nitrogens is 3. The molecule has 4 rings (SSSR count). The third-order valence-corrected chi connectivity index (χ3v) is 6.86. The van der Waals surface area contributed by atoms with Gasteiger partial charge in [0.15, 0.2) is 0 Å². The Morgan fingerprint density at radius 3 is 2.52 bits per heavy atom. The van der Waals surface area contributed by atoms with Crippen molar-refractivity contribution in [2.45, 2.75) is 31.3 Å². The predicted octanol–water partition coefficient (Wildman–Crippen LogP) is 2.62. The van der Waals surface area contributed by atoms with Crippen molar-refractivity contribution in [3.8, 4) is 0 Å². The molecule has 7 heteroatoms. The van der Waals surface area contributed by atoms with Crippen molar-refractivity contribution in [3.05, 3.63) is 71.3 Å². The highest BCUT2D eigenvalue weighted by molar-refractivity contribution is 7.89. The fraction of sp³-hybridized carbons (Fsp3) is 0.278. The second kappa shape index (κ2) is 5.86. The molecule has 1 atom stereocenters. The van der Waals surface area contributed by atoms with E-state index in [0.717, 1.165) is 11.3 Å². The fourth-order valence-electron chi connectivity index (χ4n) is 3.63. The van der Waals surface area contributed by atoms with Crippen LogP contribution in [0.5, 0.6) is 0 Å².